The monoisotopic (exact) mass is 535 g/mol. The van der Waals surface area contributed by atoms with Gasteiger partial charge in [-0.25, -0.2) is 4.39 Å². The number of aryl methyl sites for hydroxylation is 1. The molecule has 3 rings (SSSR count). The van der Waals surface area contributed by atoms with Gasteiger partial charge in [0.05, 0.1) is 11.6 Å². The van der Waals surface area contributed by atoms with Gasteiger partial charge in [-0.2, -0.15) is 0 Å². The molecular formula is C34H46FNO3. The number of benzene rings is 2. The predicted octanol–water partition coefficient (Wildman–Crippen LogP) is 9.04. The lowest BCUT2D eigenvalue weighted by Crippen LogP contribution is -2.30. The molecule has 1 aliphatic rings. The minimum absolute atomic E-state index is 0.0702. The van der Waals surface area contributed by atoms with Crippen molar-refractivity contribution < 1.29 is 19.1 Å². The van der Waals surface area contributed by atoms with Crippen LogP contribution in [0.2, 0.25) is 0 Å². The summed E-state index contributed by atoms with van der Waals surface area (Å²) in [6.07, 6.45) is 17.4. The first-order valence-electron chi connectivity index (χ1n) is 15.0. The minimum Gasteiger partial charge on any atom is -0.507 e. The number of aliphatic hydroxyl groups is 1. The molecule has 1 heterocycles. The first-order chi connectivity index (χ1) is 18.9. The van der Waals surface area contributed by atoms with Crippen molar-refractivity contribution in [1.29, 1.82) is 0 Å². The molecule has 5 heteroatoms. The Labute approximate surface area is 234 Å². The molecule has 0 bridgehead atoms. The summed E-state index contributed by atoms with van der Waals surface area (Å²) in [7, 11) is 0. The van der Waals surface area contributed by atoms with Crippen molar-refractivity contribution in [3.63, 3.8) is 0 Å². The second kappa shape index (κ2) is 16.2. The maximum atomic E-state index is 13.7. The summed E-state index contributed by atoms with van der Waals surface area (Å²) in [4.78, 5) is 27.7. The Balaban J connectivity index is 1.52. The van der Waals surface area contributed by atoms with E-state index in [0.29, 0.717) is 17.7 Å². The van der Waals surface area contributed by atoms with Crippen LogP contribution in [-0.2, 0) is 9.59 Å². The number of carbonyl (C=O) groups is 2. The standard InChI is InChI=1S/C34H46FNO3/c1-3-4-5-6-7-8-9-10-11-12-13-14-15-16-25-36-31(27-21-23-29(35)24-22-27)30(33(38)34(36)39)32(37)28-19-17-26(2)18-20-28/h17-24,31,37H,3-16,25H2,1-2H3/b32-30+/t31-/m1/s1. The van der Waals surface area contributed by atoms with Crippen molar-refractivity contribution in [1.82, 2.24) is 4.90 Å². The third-order valence-electron chi connectivity index (χ3n) is 7.80. The zero-order valence-corrected chi connectivity index (χ0v) is 23.9. The lowest BCUT2D eigenvalue weighted by atomic mass is 9.95. The van der Waals surface area contributed by atoms with Crippen LogP contribution in [-0.4, -0.2) is 28.2 Å². The van der Waals surface area contributed by atoms with Crippen LogP contribution in [0.15, 0.2) is 54.1 Å². The smallest absolute Gasteiger partial charge is 0.295 e. The van der Waals surface area contributed by atoms with Gasteiger partial charge in [0.2, 0.25) is 0 Å². The summed E-state index contributed by atoms with van der Waals surface area (Å²) in [6, 6.07) is 12.3. The number of rotatable bonds is 17. The van der Waals surface area contributed by atoms with Crippen molar-refractivity contribution in [2.45, 2.75) is 110 Å². The van der Waals surface area contributed by atoms with E-state index >= 15 is 0 Å². The van der Waals surface area contributed by atoms with Crippen LogP contribution in [0.4, 0.5) is 4.39 Å². The molecule has 0 unspecified atom stereocenters. The van der Waals surface area contributed by atoms with Crippen LogP contribution < -0.4 is 0 Å². The summed E-state index contributed by atoms with van der Waals surface area (Å²) >= 11 is 0. The highest BCUT2D eigenvalue weighted by molar-refractivity contribution is 6.46. The van der Waals surface area contributed by atoms with Gasteiger partial charge in [0.1, 0.15) is 11.6 Å². The number of Topliss-reactive ketones (excluding diaryl/α,β-unsaturated/α-hetero) is 1. The Hall–Kier alpha value is -2.95. The van der Waals surface area contributed by atoms with Gasteiger partial charge in [-0.15, -0.1) is 0 Å². The number of amides is 1. The van der Waals surface area contributed by atoms with E-state index in [1.807, 2.05) is 19.1 Å². The summed E-state index contributed by atoms with van der Waals surface area (Å²) in [5.74, 6) is -1.87. The second-order valence-corrected chi connectivity index (χ2v) is 11.0. The summed E-state index contributed by atoms with van der Waals surface area (Å²) in [5, 5.41) is 11.1. The summed E-state index contributed by atoms with van der Waals surface area (Å²) in [5.41, 5.74) is 2.21. The third-order valence-corrected chi connectivity index (χ3v) is 7.80. The molecular weight excluding hydrogens is 489 g/mol. The van der Waals surface area contributed by atoms with Gasteiger partial charge in [0.25, 0.3) is 11.7 Å². The van der Waals surface area contributed by atoms with Gasteiger partial charge in [0.15, 0.2) is 0 Å². The van der Waals surface area contributed by atoms with Crippen LogP contribution in [0.5, 0.6) is 0 Å². The molecule has 1 saturated heterocycles. The Morgan fingerprint density at radius 1 is 0.744 bits per heavy atom. The number of unbranched alkanes of at least 4 members (excludes halogenated alkanes) is 13. The number of halogens is 1. The Bertz CT molecular complexity index is 1070. The average molecular weight is 536 g/mol. The van der Waals surface area contributed by atoms with Crippen LogP contribution in [0.25, 0.3) is 5.76 Å². The van der Waals surface area contributed by atoms with Crippen LogP contribution in [0.3, 0.4) is 0 Å². The average Bonchev–Trinajstić information content (AvgIpc) is 3.18. The highest BCUT2D eigenvalue weighted by Crippen LogP contribution is 2.39. The molecule has 1 atom stereocenters. The number of hydrogen-bond acceptors (Lipinski definition) is 3. The normalized spacial score (nSPS) is 16.8. The Morgan fingerprint density at radius 2 is 1.23 bits per heavy atom. The Kier molecular flexibility index (Phi) is 12.7. The molecule has 0 saturated carbocycles. The van der Waals surface area contributed by atoms with E-state index in [4.69, 9.17) is 0 Å². The Morgan fingerprint density at radius 3 is 1.74 bits per heavy atom. The quantitative estimate of drug-likeness (QED) is 0.0951. The van der Waals surface area contributed by atoms with Crippen molar-refractivity contribution in [3.05, 3.63) is 76.6 Å². The van der Waals surface area contributed by atoms with E-state index in [2.05, 4.69) is 6.92 Å². The van der Waals surface area contributed by atoms with Crippen molar-refractivity contribution in [2.24, 2.45) is 0 Å². The molecule has 212 valence electrons. The number of carbonyl (C=O) groups excluding carboxylic acids is 2. The fourth-order valence-corrected chi connectivity index (χ4v) is 5.45. The highest BCUT2D eigenvalue weighted by atomic mass is 19.1. The fourth-order valence-electron chi connectivity index (χ4n) is 5.45. The second-order valence-electron chi connectivity index (χ2n) is 11.0. The molecule has 39 heavy (non-hydrogen) atoms. The lowest BCUT2D eigenvalue weighted by Gasteiger charge is -2.25. The number of hydrogen-bond donors (Lipinski definition) is 1. The largest absolute Gasteiger partial charge is 0.507 e. The molecule has 1 aliphatic heterocycles. The zero-order valence-electron chi connectivity index (χ0n) is 23.9. The van der Waals surface area contributed by atoms with Crippen molar-refractivity contribution >= 4 is 17.4 Å². The molecule has 0 radical (unpaired) electrons. The van der Waals surface area contributed by atoms with Crippen LogP contribution in [0, 0.1) is 12.7 Å². The van der Waals surface area contributed by atoms with Gasteiger partial charge in [-0.1, -0.05) is 132 Å². The van der Waals surface area contributed by atoms with Gasteiger partial charge in [-0.3, -0.25) is 9.59 Å². The zero-order chi connectivity index (χ0) is 28.0. The molecule has 0 aliphatic carbocycles. The third kappa shape index (κ3) is 9.05. The molecule has 4 nitrogen and oxygen atoms in total. The maximum absolute atomic E-state index is 13.7. The van der Waals surface area contributed by atoms with E-state index in [0.717, 1.165) is 24.8 Å². The summed E-state index contributed by atoms with van der Waals surface area (Å²) < 4.78 is 13.7. The molecule has 1 amide bonds. The number of nitrogens with zero attached hydrogens (tertiary/aromatic N) is 1. The first-order valence-corrected chi connectivity index (χ1v) is 15.0. The number of ketones is 1. The van der Waals surface area contributed by atoms with Crippen molar-refractivity contribution in [2.75, 3.05) is 6.54 Å². The van der Waals surface area contributed by atoms with E-state index in [-0.39, 0.29) is 17.1 Å². The summed E-state index contributed by atoms with van der Waals surface area (Å²) in [6.45, 7) is 4.62. The molecule has 0 spiro atoms. The molecule has 0 aromatic heterocycles. The van der Waals surface area contributed by atoms with Crippen molar-refractivity contribution in [3.8, 4) is 0 Å². The van der Waals surface area contributed by atoms with Gasteiger partial charge >= 0.3 is 0 Å². The first kappa shape index (κ1) is 30.6. The minimum atomic E-state index is -0.728. The fraction of sp³-hybridized carbons (Fsp3) is 0.529. The lowest BCUT2D eigenvalue weighted by molar-refractivity contribution is -0.139. The molecule has 2 aromatic carbocycles. The predicted molar refractivity (Wildman–Crippen MR) is 157 cm³/mol. The number of likely N-dealkylation sites (tertiary alicyclic amines) is 1. The van der Waals surface area contributed by atoms with Gasteiger partial charge in [0, 0.05) is 12.1 Å². The molecule has 1 fully saturated rings. The maximum Gasteiger partial charge on any atom is 0.295 e. The van der Waals surface area contributed by atoms with E-state index in [9.17, 15) is 19.1 Å². The van der Waals surface area contributed by atoms with E-state index in [1.54, 1.807) is 29.2 Å². The molecule has 2 aromatic rings. The van der Waals surface area contributed by atoms with E-state index < -0.39 is 17.7 Å². The van der Waals surface area contributed by atoms with Crippen LogP contribution in [0.1, 0.15) is 120 Å². The highest BCUT2D eigenvalue weighted by Gasteiger charge is 2.45. The number of aliphatic hydroxyl groups excluding tert-OH is 1. The van der Waals surface area contributed by atoms with Gasteiger partial charge < -0.3 is 10.0 Å². The van der Waals surface area contributed by atoms with E-state index in [1.165, 1.54) is 82.8 Å². The van der Waals surface area contributed by atoms with Gasteiger partial charge in [-0.05, 0) is 31.0 Å². The molecule has 1 N–H and O–H groups in total. The van der Waals surface area contributed by atoms with Crippen LogP contribution >= 0.6 is 0 Å². The topological polar surface area (TPSA) is 57.6 Å². The SMILES string of the molecule is CCCCCCCCCCCCCCCCN1C(=O)C(=O)/C(=C(/O)c2ccc(C)cc2)[C@H]1c1ccc(F)cc1.